The van der Waals surface area contributed by atoms with E-state index in [9.17, 15) is 0 Å². The summed E-state index contributed by atoms with van der Waals surface area (Å²) in [5, 5.41) is 0. The molecule has 4 aromatic rings. The summed E-state index contributed by atoms with van der Waals surface area (Å²) in [5.41, 5.74) is 2.01. The van der Waals surface area contributed by atoms with Crippen molar-refractivity contribution < 1.29 is 18.8 Å². The zero-order chi connectivity index (χ0) is 30.4. The maximum absolute atomic E-state index is 7.19. The topological polar surface area (TPSA) is 36.9 Å². The van der Waals surface area contributed by atoms with Crippen molar-refractivity contribution >= 4 is 7.12 Å². The second kappa shape index (κ2) is 13.5. The van der Waals surface area contributed by atoms with Gasteiger partial charge >= 0.3 is 7.12 Å². The van der Waals surface area contributed by atoms with Gasteiger partial charge in [0.1, 0.15) is 23.4 Å². The van der Waals surface area contributed by atoms with Crippen LogP contribution in [-0.2, 0) is 30.0 Å². The van der Waals surface area contributed by atoms with Crippen LogP contribution in [0.1, 0.15) is 42.0 Å². The maximum Gasteiger partial charge on any atom is 0.461 e. The molecule has 4 atom stereocenters. The summed E-state index contributed by atoms with van der Waals surface area (Å²) in [5.74, 6) is 0.618. The Balaban J connectivity index is 1.54. The summed E-state index contributed by atoms with van der Waals surface area (Å²) in [6.45, 7) is 2.15. The Kier molecular flexibility index (Phi) is 9.29. The van der Waals surface area contributed by atoms with Crippen LogP contribution in [0.4, 0.5) is 0 Å². The molecule has 4 aromatic carbocycles. The lowest BCUT2D eigenvalue weighted by atomic mass is 9.71. The van der Waals surface area contributed by atoms with Crippen molar-refractivity contribution in [2.45, 2.75) is 49.0 Å². The number of benzene rings is 4. The molecule has 44 heavy (non-hydrogen) atoms. The quantitative estimate of drug-likeness (QED) is 0.124. The van der Waals surface area contributed by atoms with E-state index in [1.165, 1.54) is 0 Å². The summed E-state index contributed by atoms with van der Waals surface area (Å²) in [6.07, 6.45) is 9.63. The minimum Gasteiger partial charge on any atom is -0.402 e. The third-order valence-electron chi connectivity index (χ3n) is 9.17. The van der Waals surface area contributed by atoms with Crippen molar-refractivity contribution in [3.05, 3.63) is 168 Å². The smallest absolute Gasteiger partial charge is 0.402 e. The summed E-state index contributed by atoms with van der Waals surface area (Å²) >= 11 is 0. The summed E-state index contributed by atoms with van der Waals surface area (Å²) in [7, 11) is 3.12. The lowest BCUT2D eigenvalue weighted by Crippen LogP contribution is -2.56. The molecule has 0 bridgehead atoms. The molecule has 4 nitrogen and oxygen atoms in total. The SMILES string of the molecule is CC/C=C\C=C\[C@H]1C[C@H]1B1O[C@@H](C(OC)(c2ccccc2)c2ccccc2)[C@H](C(OC)(c2ccccc2)c2ccccc2)O1. The molecule has 6 rings (SSSR count). The van der Waals surface area contributed by atoms with Gasteiger partial charge in [-0.2, -0.15) is 0 Å². The first-order valence-electron chi connectivity index (χ1n) is 15.7. The lowest BCUT2D eigenvalue weighted by molar-refractivity contribution is -0.136. The van der Waals surface area contributed by atoms with E-state index < -0.39 is 30.5 Å². The molecule has 5 heteroatoms. The second-order valence-electron chi connectivity index (χ2n) is 11.6. The molecule has 1 aliphatic heterocycles. The van der Waals surface area contributed by atoms with Crippen molar-refractivity contribution in [2.24, 2.45) is 5.92 Å². The first-order chi connectivity index (χ1) is 21.7. The predicted molar refractivity (Wildman–Crippen MR) is 177 cm³/mol. The van der Waals surface area contributed by atoms with Crippen LogP contribution in [-0.4, -0.2) is 33.5 Å². The Bertz CT molecular complexity index is 1350. The molecule has 0 N–H and O–H groups in total. The zero-order valence-electron chi connectivity index (χ0n) is 25.8. The van der Waals surface area contributed by atoms with Crippen LogP contribution < -0.4 is 0 Å². The Morgan fingerprint density at radius 2 is 1.02 bits per heavy atom. The van der Waals surface area contributed by atoms with Crippen molar-refractivity contribution in [3.8, 4) is 0 Å². The third-order valence-corrected chi connectivity index (χ3v) is 9.17. The number of allylic oxidation sites excluding steroid dienone is 4. The monoisotopic (exact) mass is 584 g/mol. The molecular weight excluding hydrogens is 543 g/mol. The van der Waals surface area contributed by atoms with Crippen LogP contribution in [0.15, 0.2) is 146 Å². The van der Waals surface area contributed by atoms with E-state index in [2.05, 4.69) is 128 Å². The Hall–Kier alpha value is -3.74. The first kappa shape index (κ1) is 30.3. The van der Waals surface area contributed by atoms with Crippen LogP contribution in [0.2, 0.25) is 5.82 Å². The highest BCUT2D eigenvalue weighted by atomic mass is 16.7. The average Bonchev–Trinajstić information content (AvgIpc) is 3.74. The van der Waals surface area contributed by atoms with E-state index in [1.54, 1.807) is 14.2 Å². The Morgan fingerprint density at radius 3 is 1.36 bits per heavy atom. The van der Waals surface area contributed by atoms with Gasteiger partial charge in [0, 0.05) is 20.0 Å². The normalized spacial score (nSPS) is 22.2. The van der Waals surface area contributed by atoms with Crippen molar-refractivity contribution in [1.29, 1.82) is 0 Å². The van der Waals surface area contributed by atoms with Gasteiger partial charge in [-0.25, -0.2) is 0 Å². The van der Waals surface area contributed by atoms with Gasteiger partial charge in [-0.3, -0.25) is 0 Å². The highest BCUT2D eigenvalue weighted by molar-refractivity contribution is 6.48. The molecule has 0 aromatic heterocycles. The van der Waals surface area contributed by atoms with Gasteiger partial charge in [0.05, 0.1) is 0 Å². The van der Waals surface area contributed by atoms with Gasteiger partial charge in [0.15, 0.2) is 0 Å². The average molecular weight is 585 g/mol. The fraction of sp³-hybridized carbons (Fsp3) is 0.282. The molecule has 0 unspecified atom stereocenters. The number of rotatable bonds is 12. The molecule has 2 aliphatic rings. The third kappa shape index (κ3) is 5.50. The lowest BCUT2D eigenvalue weighted by Gasteiger charge is -2.47. The van der Waals surface area contributed by atoms with Crippen LogP contribution in [0, 0.1) is 5.92 Å². The van der Waals surface area contributed by atoms with E-state index in [0.29, 0.717) is 5.92 Å². The Labute approximate surface area is 262 Å². The highest BCUT2D eigenvalue weighted by Gasteiger charge is 2.65. The fourth-order valence-electron chi connectivity index (χ4n) is 6.91. The van der Waals surface area contributed by atoms with E-state index in [4.69, 9.17) is 18.8 Å². The largest absolute Gasteiger partial charge is 0.461 e. The number of ether oxygens (including phenoxy) is 2. The van der Waals surface area contributed by atoms with Crippen LogP contribution in [0.25, 0.3) is 0 Å². The van der Waals surface area contributed by atoms with Gasteiger partial charge in [-0.05, 0) is 41.0 Å². The van der Waals surface area contributed by atoms with E-state index in [-0.39, 0.29) is 5.82 Å². The molecule has 1 heterocycles. The van der Waals surface area contributed by atoms with Crippen LogP contribution >= 0.6 is 0 Å². The molecule has 2 fully saturated rings. The second-order valence-corrected chi connectivity index (χ2v) is 11.6. The predicted octanol–water partition coefficient (Wildman–Crippen LogP) is 8.35. The van der Waals surface area contributed by atoms with Crippen LogP contribution in [0.5, 0.6) is 0 Å². The van der Waals surface area contributed by atoms with E-state index >= 15 is 0 Å². The molecule has 0 radical (unpaired) electrons. The zero-order valence-corrected chi connectivity index (χ0v) is 25.8. The van der Waals surface area contributed by atoms with Gasteiger partial charge in [0.25, 0.3) is 0 Å². The van der Waals surface area contributed by atoms with Crippen molar-refractivity contribution in [2.75, 3.05) is 14.2 Å². The molecule has 0 amide bonds. The number of hydrogen-bond acceptors (Lipinski definition) is 4. The van der Waals surface area contributed by atoms with Crippen molar-refractivity contribution in [1.82, 2.24) is 0 Å². The van der Waals surface area contributed by atoms with Gasteiger partial charge in [-0.15, -0.1) is 0 Å². The van der Waals surface area contributed by atoms with Gasteiger partial charge in [0.2, 0.25) is 0 Å². The fourth-order valence-corrected chi connectivity index (χ4v) is 6.91. The molecular formula is C39H41BO4. The molecule has 0 spiro atoms. The summed E-state index contributed by atoms with van der Waals surface area (Å²) in [4.78, 5) is 0. The van der Waals surface area contributed by atoms with Crippen molar-refractivity contribution in [3.63, 3.8) is 0 Å². The summed E-state index contributed by atoms with van der Waals surface area (Å²) < 4.78 is 27.8. The minimum atomic E-state index is -0.987. The Morgan fingerprint density at radius 1 is 0.636 bits per heavy atom. The van der Waals surface area contributed by atoms with E-state index in [0.717, 1.165) is 35.1 Å². The van der Waals surface area contributed by atoms with Crippen LogP contribution in [0.3, 0.4) is 0 Å². The standard InChI is InChI=1S/C39H41BO4/c1-4-5-6-11-20-30-29-35(30)40-43-36(38(41-2,31-21-12-7-13-22-31)32-23-14-8-15-24-32)37(44-40)39(42-3,33-25-16-9-17-26-33)34-27-18-10-19-28-34/h5-28,30,35-37H,4,29H2,1-3H3/b6-5-,20-11+/t30-,35+,36+,37+/m0/s1. The summed E-state index contributed by atoms with van der Waals surface area (Å²) in [6, 6.07) is 41.5. The first-order valence-corrected chi connectivity index (χ1v) is 15.7. The maximum atomic E-state index is 7.19. The molecule has 1 saturated heterocycles. The molecule has 224 valence electrons. The number of methoxy groups -OCH3 is 2. The molecule has 1 aliphatic carbocycles. The van der Waals surface area contributed by atoms with E-state index in [1.807, 2.05) is 24.3 Å². The van der Waals surface area contributed by atoms with Gasteiger partial charge < -0.3 is 18.8 Å². The van der Waals surface area contributed by atoms with Gasteiger partial charge in [-0.1, -0.05) is 153 Å². The molecule has 1 saturated carbocycles. The number of hydrogen-bond donors (Lipinski definition) is 0. The highest BCUT2D eigenvalue weighted by Crippen LogP contribution is 2.56. The minimum absolute atomic E-state index is 0.232.